The molecule has 0 aromatic carbocycles. The molecule has 1 rings (SSSR count). The Balaban J connectivity index is 2.81. The molecule has 1 aliphatic rings. The second-order valence-electron chi connectivity index (χ2n) is 7.77. The zero-order valence-corrected chi connectivity index (χ0v) is 16.0. The van der Waals surface area contributed by atoms with Gasteiger partial charge in [-0.3, -0.25) is 0 Å². The molecule has 2 atom stereocenters. The Hall–Kier alpha value is -1.32. The van der Waals surface area contributed by atoms with Gasteiger partial charge < -0.3 is 19.8 Å². The molecule has 0 fully saturated rings. The Morgan fingerprint density at radius 2 is 1.40 bits per heavy atom. The number of allylic oxidation sites excluding steroid dienone is 1. The van der Waals surface area contributed by atoms with Crippen LogP contribution in [0.25, 0.3) is 0 Å². The van der Waals surface area contributed by atoms with Gasteiger partial charge in [0.2, 0.25) is 0 Å². The molecule has 0 N–H and O–H groups in total. The standard InChI is InChI=1S/C21H36O4/c1-3-5-7-9-11-14-21(19(24)25)16-12-15-20(17-21,18(22)23)13-10-8-6-4-2/h12,16H,3-11,13-15,17H2,1-2H3,(H,22,23)(H,24,25)/p-2. The van der Waals surface area contributed by atoms with Crippen LogP contribution in [0.2, 0.25) is 0 Å². The number of hydrogen-bond donors (Lipinski definition) is 0. The third-order valence-electron chi connectivity index (χ3n) is 5.67. The Bertz CT molecular complexity index is 457. The summed E-state index contributed by atoms with van der Waals surface area (Å²) in [4.78, 5) is 23.8. The lowest BCUT2D eigenvalue weighted by Gasteiger charge is -2.46. The summed E-state index contributed by atoms with van der Waals surface area (Å²) in [7, 11) is 0. The van der Waals surface area contributed by atoms with Crippen LogP contribution < -0.4 is 10.2 Å². The summed E-state index contributed by atoms with van der Waals surface area (Å²) < 4.78 is 0. The van der Waals surface area contributed by atoms with Crippen molar-refractivity contribution in [2.24, 2.45) is 10.8 Å². The van der Waals surface area contributed by atoms with Crippen LogP contribution in [0.5, 0.6) is 0 Å². The highest BCUT2D eigenvalue weighted by Gasteiger charge is 2.43. The summed E-state index contributed by atoms with van der Waals surface area (Å²) in [5.41, 5.74) is -2.22. The highest BCUT2D eigenvalue weighted by atomic mass is 16.4. The van der Waals surface area contributed by atoms with Crippen LogP contribution in [0, 0.1) is 10.8 Å². The van der Waals surface area contributed by atoms with E-state index in [0.717, 1.165) is 57.8 Å². The van der Waals surface area contributed by atoms with Crippen LogP contribution in [-0.2, 0) is 9.59 Å². The van der Waals surface area contributed by atoms with Gasteiger partial charge in [-0.25, -0.2) is 0 Å². The Labute approximate surface area is 152 Å². The minimum Gasteiger partial charge on any atom is -0.550 e. The molecule has 0 radical (unpaired) electrons. The molecular weight excluding hydrogens is 316 g/mol. The molecule has 1 aliphatic carbocycles. The first-order valence-corrected chi connectivity index (χ1v) is 10.0. The SMILES string of the molecule is CCCCCCCC1(C(=O)[O-])C=CCC(CCCCCC)(C(=O)[O-])C1. The molecule has 2 unspecified atom stereocenters. The molecular formula is C21H34O4-2. The minimum absolute atomic E-state index is 0.112. The van der Waals surface area contributed by atoms with E-state index in [9.17, 15) is 19.8 Å². The van der Waals surface area contributed by atoms with Gasteiger partial charge in [-0.2, -0.15) is 0 Å². The van der Waals surface area contributed by atoms with Crippen LogP contribution in [0.1, 0.15) is 97.3 Å². The van der Waals surface area contributed by atoms with Crippen LogP contribution >= 0.6 is 0 Å². The average molecular weight is 350 g/mol. The van der Waals surface area contributed by atoms with Crippen LogP contribution in [0.3, 0.4) is 0 Å². The van der Waals surface area contributed by atoms with Gasteiger partial charge in [0.25, 0.3) is 0 Å². The maximum absolute atomic E-state index is 11.9. The number of unbranched alkanes of at least 4 members (excludes halogenated alkanes) is 7. The van der Waals surface area contributed by atoms with Gasteiger partial charge in [-0.05, 0) is 25.7 Å². The van der Waals surface area contributed by atoms with E-state index in [1.807, 2.05) is 0 Å². The predicted octanol–water partition coefficient (Wildman–Crippen LogP) is 3.14. The van der Waals surface area contributed by atoms with Crippen LogP contribution in [-0.4, -0.2) is 11.9 Å². The third kappa shape index (κ3) is 6.16. The highest BCUT2D eigenvalue weighted by Crippen LogP contribution is 2.48. The van der Waals surface area contributed by atoms with E-state index < -0.39 is 22.8 Å². The van der Waals surface area contributed by atoms with Gasteiger partial charge in [0, 0.05) is 16.8 Å². The van der Waals surface area contributed by atoms with Gasteiger partial charge >= 0.3 is 0 Å². The normalized spacial score (nSPS) is 25.8. The number of rotatable bonds is 13. The smallest absolute Gasteiger partial charge is 0.0514 e. The van der Waals surface area contributed by atoms with Gasteiger partial charge in [0.1, 0.15) is 0 Å². The van der Waals surface area contributed by atoms with Crippen molar-refractivity contribution in [3.8, 4) is 0 Å². The summed E-state index contributed by atoms with van der Waals surface area (Å²) in [6.07, 6.45) is 13.9. The number of aliphatic carboxylic acids is 2. The van der Waals surface area contributed by atoms with Crippen molar-refractivity contribution in [2.75, 3.05) is 0 Å². The summed E-state index contributed by atoms with van der Waals surface area (Å²) >= 11 is 0. The van der Waals surface area contributed by atoms with Crippen molar-refractivity contribution in [1.29, 1.82) is 0 Å². The Kier molecular flexibility index (Phi) is 9.23. The van der Waals surface area contributed by atoms with E-state index >= 15 is 0 Å². The maximum atomic E-state index is 11.9. The lowest BCUT2D eigenvalue weighted by molar-refractivity contribution is -0.327. The van der Waals surface area contributed by atoms with Crippen molar-refractivity contribution in [3.05, 3.63) is 12.2 Å². The quantitative estimate of drug-likeness (QED) is 0.377. The van der Waals surface area contributed by atoms with E-state index in [-0.39, 0.29) is 6.42 Å². The van der Waals surface area contributed by atoms with Crippen LogP contribution in [0.15, 0.2) is 12.2 Å². The molecule has 0 aromatic heterocycles. The molecule has 25 heavy (non-hydrogen) atoms. The van der Waals surface area contributed by atoms with E-state index in [2.05, 4.69) is 13.8 Å². The monoisotopic (exact) mass is 350 g/mol. The Morgan fingerprint density at radius 1 is 0.840 bits per heavy atom. The van der Waals surface area contributed by atoms with E-state index in [0.29, 0.717) is 19.3 Å². The minimum atomic E-state index is -1.16. The van der Waals surface area contributed by atoms with Crippen molar-refractivity contribution >= 4 is 11.9 Å². The first-order chi connectivity index (χ1) is 11.9. The number of carbonyl (C=O) groups is 2. The number of hydrogen-bond acceptors (Lipinski definition) is 4. The zero-order valence-electron chi connectivity index (χ0n) is 16.0. The fourth-order valence-electron chi connectivity index (χ4n) is 4.04. The molecule has 0 saturated carbocycles. The molecule has 144 valence electrons. The van der Waals surface area contributed by atoms with E-state index in [1.165, 1.54) is 0 Å². The second kappa shape index (κ2) is 10.6. The number of carboxylic acid groups (broad SMARTS) is 2. The fourth-order valence-corrected chi connectivity index (χ4v) is 4.04. The lowest BCUT2D eigenvalue weighted by Crippen LogP contribution is -2.52. The number of carboxylic acids is 2. The largest absolute Gasteiger partial charge is 0.550 e. The second-order valence-corrected chi connectivity index (χ2v) is 7.77. The van der Waals surface area contributed by atoms with Crippen molar-refractivity contribution in [1.82, 2.24) is 0 Å². The van der Waals surface area contributed by atoms with E-state index in [4.69, 9.17) is 0 Å². The molecule has 0 saturated heterocycles. The van der Waals surface area contributed by atoms with Crippen molar-refractivity contribution < 1.29 is 19.8 Å². The summed E-state index contributed by atoms with van der Waals surface area (Å²) in [6.45, 7) is 4.25. The van der Waals surface area contributed by atoms with E-state index in [1.54, 1.807) is 12.2 Å². The first-order valence-electron chi connectivity index (χ1n) is 10.0. The summed E-state index contributed by atoms with van der Waals surface area (Å²) in [5.74, 6) is -2.25. The maximum Gasteiger partial charge on any atom is 0.0514 e. The molecule has 0 heterocycles. The molecule has 0 aromatic rings. The third-order valence-corrected chi connectivity index (χ3v) is 5.67. The molecule has 0 aliphatic heterocycles. The van der Waals surface area contributed by atoms with Gasteiger partial charge in [-0.1, -0.05) is 83.8 Å². The van der Waals surface area contributed by atoms with Gasteiger partial charge in [-0.15, -0.1) is 0 Å². The molecule has 4 heteroatoms. The topological polar surface area (TPSA) is 80.3 Å². The van der Waals surface area contributed by atoms with Crippen molar-refractivity contribution in [2.45, 2.75) is 97.3 Å². The van der Waals surface area contributed by atoms with Gasteiger partial charge in [0.15, 0.2) is 0 Å². The fraction of sp³-hybridized carbons (Fsp3) is 0.810. The van der Waals surface area contributed by atoms with Crippen LogP contribution in [0.4, 0.5) is 0 Å². The molecule has 0 spiro atoms. The molecule has 0 amide bonds. The number of carbonyl (C=O) groups excluding carboxylic acids is 2. The van der Waals surface area contributed by atoms with Gasteiger partial charge in [0.05, 0.1) is 5.97 Å². The molecule has 4 nitrogen and oxygen atoms in total. The average Bonchev–Trinajstić information content (AvgIpc) is 2.58. The zero-order chi connectivity index (χ0) is 18.8. The lowest BCUT2D eigenvalue weighted by atomic mass is 9.62. The summed E-state index contributed by atoms with van der Waals surface area (Å²) in [5, 5.41) is 23.8. The molecule has 0 bridgehead atoms. The highest BCUT2D eigenvalue weighted by molar-refractivity contribution is 5.79. The first kappa shape index (κ1) is 21.7. The van der Waals surface area contributed by atoms with Crippen molar-refractivity contribution in [3.63, 3.8) is 0 Å². The summed E-state index contributed by atoms with van der Waals surface area (Å²) in [6, 6.07) is 0. The predicted molar refractivity (Wildman–Crippen MR) is 95.4 cm³/mol. The Morgan fingerprint density at radius 3 is 1.96 bits per heavy atom.